The zero-order chi connectivity index (χ0) is 26.6. The maximum atomic E-state index is 11.9. The fraction of sp³-hybridized carbons (Fsp3) is 0.379. The van der Waals surface area contributed by atoms with Gasteiger partial charge in [-0.2, -0.15) is 5.26 Å². The van der Waals surface area contributed by atoms with E-state index in [1.807, 2.05) is 63.2 Å². The van der Waals surface area contributed by atoms with Crippen molar-refractivity contribution in [3.63, 3.8) is 0 Å². The van der Waals surface area contributed by atoms with E-state index in [1.54, 1.807) is 12.1 Å². The first-order valence-electron chi connectivity index (χ1n) is 12.3. The van der Waals surface area contributed by atoms with Crippen LogP contribution in [-0.2, 0) is 10.2 Å². The molecule has 1 fully saturated rings. The molecule has 0 saturated heterocycles. The summed E-state index contributed by atoms with van der Waals surface area (Å²) in [5.74, 6) is 1.79. The number of hydrogen-bond donors (Lipinski definition) is 1. The number of ether oxygens (including phenoxy) is 3. The molecule has 0 spiro atoms. The lowest BCUT2D eigenvalue weighted by molar-refractivity contribution is 0.0363. The first-order valence-corrected chi connectivity index (χ1v) is 12.3. The van der Waals surface area contributed by atoms with Gasteiger partial charge in [-0.1, -0.05) is 38.1 Å². The van der Waals surface area contributed by atoms with E-state index in [1.165, 1.54) is 0 Å². The molecule has 0 unspecified atom stereocenters. The summed E-state index contributed by atoms with van der Waals surface area (Å²) in [6.45, 7) is 9.89. The number of alkyl carbamates (subject to hydrolysis) is 1. The third-order valence-electron chi connectivity index (χ3n) is 6.25. The number of nitrogens with one attached hydrogen (secondary N) is 1. The largest absolute Gasteiger partial charge is 0.490 e. The number of hydrogen-bond acceptors (Lipinski definition) is 7. The fourth-order valence-electron chi connectivity index (χ4n) is 4.06. The van der Waals surface area contributed by atoms with E-state index in [-0.39, 0.29) is 29.3 Å². The molecular weight excluding hydrogens is 468 g/mol. The summed E-state index contributed by atoms with van der Waals surface area (Å²) in [5.41, 5.74) is 1.80. The number of carbonyl (C=O) groups excluding carboxylic acids is 1. The third kappa shape index (κ3) is 6.76. The second-order valence-corrected chi connectivity index (χ2v) is 10.7. The van der Waals surface area contributed by atoms with Gasteiger partial charge in [-0.05, 0) is 62.2 Å². The fourth-order valence-corrected chi connectivity index (χ4v) is 4.06. The number of carbonyl (C=O) groups is 1. The van der Waals surface area contributed by atoms with Gasteiger partial charge in [0.2, 0.25) is 5.88 Å². The van der Waals surface area contributed by atoms with Gasteiger partial charge in [-0.15, -0.1) is 10.2 Å². The van der Waals surface area contributed by atoms with Gasteiger partial charge in [0.15, 0.2) is 5.69 Å². The van der Waals surface area contributed by atoms with Gasteiger partial charge in [0.05, 0.1) is 0 Å². The van der Waals surface area contributed by atoms with Gasteiger partial charge in [-0.25, -0.2) is 4.79 Å². The second-order valence-electron chi connectivity index (χ2n) is 10.7. The van der Waals surface area contributed by atoms with Crippen molar-refractivity contribution in [3.05, 3.63) is 77.5 Å². The molecule has 2 aromatic carbocycles. The maximum Gasteiger partial charge on any atom is 0.407 e. The van der Waals surface area contributed by atoms with Crippen molar-refractivity contribution in [1.82, 2.24) is 15.5 Å². The summed E-state index contributed by atoms with van der Waals surface area (Å²) < 4.78 is 17.1. The van der Waals surface area contributed by atoms with Gasteiger partial charge in [0.25, 0.3) is 0 Å². The molecule has 1 heterocycles. The first kappa shape index (κ1) is 26.0. The standard InChI is InChI=1S/C29H32N4O4/c1-28(2,3)37-27(34)31-22-16-25(17-22)35-23-11-6-19(7-12-23)29(4,5)20-8-13-24(14-9-20)36-26-15-10-21(18-30)32-33-26/h6-15,22,25H,16-17H2,1-5H3,(H,31,34)/t22-,25-. The molecule has 192 valence electrons. The number of benzene rings is 2. The lowest BCUT2D eigenvalue weighted by Crippen LogP contribution is -2.50. The molecule has 8 nitrogen and oxygen atoms in total. The molecule has 4 rings (SSSR count). The van der Waals surface area contributed by atoms with Crippen molar-refractivity contribution >= 4 is 6.09 Å². The molecule has 1 aliphatic carbocycles. The SMILES string of the molecule is CC(C)(C)OC(=O)N[C@H]1C[C@H](Oc2ccc(C(C)(C)c3ccc(Oc4ccc(C#N)nn4)cc3)cc2)C1. The number of nitrogens with zero attached hydrogens (tertiary/aromatic N) is 3. The van der Waals surface area contributed by atoms with Crippen LogP contribution in [0.2, 0.25) is 0 Å². The minimum Gasteiger partial charge on any atom is -0.490 e. The first-order chi connectivity index (χ1) is 17.5. The summed E-state index contributed by atoms with van der Waals surface area (Å²) in [4.78, 5) is 11.9. The van der Waals surface area contributed by atoms with E-state index in [2.05, 4.69) is 41.5 Å². The van der Waals surface area contributed by atoms with Crippen LogP contribution in [0.5, 0.6) is 17.4 Å². The summed E-state index contributed by atoms with van der Waals surface area (Å²) in [6, 6.07) is 21.2. The molecule has 0 radical (unpaired) electrons. The maximum absolute atomic E-state index is 11.9. The van der Waals surface area contributed by atoms with Crippen LogP contribution in [0.1, 0.15) is 64.3 Å². The van der Waals surface area contributed by atoms with E-state index in [0.29, 0.717) is 11.6 Å². The lowest BCUT2D eigenvalue weighted by atomic mass is 9.78. The Kier molecular flexibility index (Phi) is 7.35. The molecule has 1 aliphatic rings. The molecule has 1 N–H and O–H groups in total. The monoisotopic (exact) mass is 500 g/mol. The zero-order valence-electron chi connectivity index (χ0n) is 21.8. The lowest BCUT2D eigenvalue weighted by Gasteiger charge is -2.36. The van der Waals surface area contributed by atoms with E-state index < -0.39 is 5.60 Å². The Morgan fingerprint density at radius 3 is 2.00 bits per heavy atom. The van der Waals surface area contributed by atoms with Crippen LogP contribution in [0.4, 0.5) is 4.79 Å². The van der Waals surface area contributed by atoms with Crippen molar-refractivity contribution in [2.45, 2.75) is 70.6 Å². The highest BCUT2D eigenvalue weighted by molar-refractivity contribution is 5.68. The zero-order valence-corrected chi connectivity index (χ0v) is 21.8. The highest BCUT2D eigenvalue weighted by atomic mass is 16.6. The Morgan fingerprint density at radius 2 is 1.49 bits per heavy atom. The molecule has 0 aliphatic heterocycles. The quantitative estimate of drug-likeness (QED) is 0.430. The van der Waals surface area contributed by atoms with Crippen molar-refractivity contribution < 1.29 is 19.0 Å². The average Bonchev–Trinajstić information content (AvgIpc) is 2.83. The smallest absolute Gasteiger partial charge is 0.407 e. The molecule has 1 amide bonds. The van der Waals surface area contributed by atoms with Gasteiger partial charge < -0.3 is 19.5 Å². The van der Waals surface area contributed by atoms with Crippen LogP contribution in [0.15, 0.2) is 60.7 Å². The normalized spacial score (nSPS) is 17.2. The second kappa shape index (κ2) is 10.5. The van der Waals surface area contributed by atoms with E-state index >= 15 is 0 Å². The Morgan fingerprint density at radius 1 is 0.892 bits per heavy atom. The van der Waals surface area contributed by atoms with E-state index in [9.17, 15) is 4.79 Å². The van der Waals surface area contributed by atoms with Crippen LogP contribution < -0.4 is 14.8 Å². The Balaban J connectivity index is 1.30. The molecule has 1 aromatic heterocycles. The molecule has 3 aromatic rings. The van der Waals surface area contributed by atoms with Crippen molar-refractivity contribution in [3.8, 4) is 23.4 Å². The summed E-state index contributed by atoms with van der Waals surface area (Å²) in [7, 11) is 0. The highest BCUT2D eigenvalue weighted by Crippen LogP contribution is 2.34. The number of amides is 1. The van der Waals surface area contributed by atoms with Crippen LogP contribution >= 0.6 is 0 Å². The van der Waals surface area contributed by atoms with Gasteiger partial charge >= 0.3 is 6.09 Å². The molecule has 37 heavy (non-hydrogen) atoms. The van der Waals surface area contributed by atoms with Crippen molar-refractivity contribution in [2.24, 2.45) is 0 Å². The van der Waals surface area contributed by atoms with Gasteiger partial charge in [0.1, 0.15) is 29.3 Å². The van der Waals surface area contributed by atoms with Crippen LogP contribution in [0.3, 0.4) is 0 Å². The summed E-state index contributed by atoms with van der Waals surface area (Å²) in [6.07, 6.45) is 1.21. The summed E-state index contributed by atoms with van der Waals surface area (Å²) in [5, 5.41) is 19.4. The molecule has 0 atom stereocenters. The van der Waals surface area contributed by atoms with Crippen molar-refractivity contribution in [1.29, 1.82) is 5.26 Å². The predicted molar refractivity (Wildman–Crippen MR) is 139 cm³/mol. The number of nitriles is 1. The molecule has 0 bridgehead atoms. The highest BCUT2D eigenvalue weighted by Gasteiger charge is 2.33. The molecule has 1 saturated carbocycles. The predicted octanol–water partition coefficient (Wildman–Crippen LogP) is 5.90. The Bertz CT molecular complexity index is 1250. The Labute approximate surface area is 217 Å². The summed E-state index contributed by atoms with van der Waals surface area (Å²) >= 11 is 0. The van der Waals surface area contributed by atoms with Crippen LogP contribution in [-0.4, -0.2) is 34.0 Å². The molecule has 8 heteroatoms. The van der Waals surface area contributed by atoms with E-state index in [0.717, 1.165) is 29.7 Å². The number of rotatable bonds is 7. The Hall–Kier alpha value is -4.12. The molecular formula is C29H32N4O4. The van der Waals surface area contributed by atoms with Crippen LogP contribution in [0, 0.1) is 11.3 Å². The average molecular weight is 501 g/mol. The van der Waals surface area contributed by atoms with Crippen LogP contribution in [0.25, 0.3) is 0 Å². The minimum atomic E-state index is -0.504. The number of aromatic nitrogens is 2. The minimum absolute atomic E-state index is 0.0761. The van der Waals surface area contributed by atoms with Gasteiger partial charge in [0, 0.05) is 30.4 Å². The van der Waals surface area contributed by atoms with E-state index in [4.69, 9.17) is 19.5 Å². The van der Waals surface area contributed by atoms with Gasteiger partial charge in [-0.3, -0.25) is 0 Å². The topological polar surface area (TPSA) is 106 Å². The third-order valence-corrected chi connectivity index (χ3v) is 6.25. The van der Waals surface area contributed by atoms with Crippen molar-refractivity contribution in [2.75, 3.05) is 0 Å².